The van der Waals surface area contributed by atoms with E-state index in [9.17, 15) is 4.79 Å². The molecule has 5 rings (SSSR count). The third kappa shape index (κ3) is 3.36. The van der Waals surface area contributed by atoms with E-state index in [1.54, 1.807) is 6.20 Å². The van der Waals surface area contributed by atoms with Crippen LogP contribution in [-0.2, 0) is 15.1 Å². The molecule has 148 valence electrons. The van der Waals surface area contributed by atoms with Crippen molar-refractivity contribution in [2.75, 3.05) is 24.6 Å². The Morgan fingerprint density at radius 3 is 2.45 bits per heavy atom. The summed E-state index contributed by atoms with van der Waals surface area (Å²) >= 11 is 0. The van der Waals surface area contributed by atoms with E-state index < -0.39 is 0 Å². The number of carbonyl (C=O) groups is 1. The average Bonchev–Trinajstić information content (AvgIpc) is 3.52. The summed E-state index contributed by atoms with van der Waals surface area (Å²) in [5.74, 6) is 0.984. The number of nitriles is 1. The fourth-order valence-corrected chi connectivity index (χ4v) is 4.75. The molecule has 2 unspecified atom stereocenters. The van der Waals surface area contributed by atoms with E-state index >= 15 is 0 Å². The predicted molar refractivity (Wildman–Crippen MR) is 108 cm³/mol. The summed E-state index contributed by atoms with van der Waals surface area (Å²) in [5.41, 5.74) is 1.48. The number of hydrogen-bond acceptors (Lipinski definition) is 5. The topological polar surface area (TPSA) is 69.5 Å². The van der Waals surface area contributed by atoms with Crippen LogP contribution in [0.5, 0.6) is 0 Å². The highest BCUT2D eigenvalue weighted by Gasteiger charge is 2.47. The molecule has 2 aromatic rings. The van der Waals surface area contributed by atoms with E-state index in [0.717, 1.165) is 31.5 Å². The van der Waals surface area contributed by atoms with Crippen molar-refractivity contribution in [2.24, 2.45) is 0 Å². The molecule has 1 aromatic heterocycles. The molecule has 1 saturated carbocycles. The summed E-state index contributed by atoms with van der Waals surface area (Å²) in [7, 11) is 0. The van der Waals surface area contributed by atoms with Crippen molar-refractivity contribution in [1.82, 2.24) is 9.88 Å². The summed E-state index contributed by atoms with van der Waals surface area (Å²) in [6.45, 7) is 1.56. The number of ether oxygens (including phenoxy) is 1. The molecule has 3 heterocycles. The van der Waals surface area contributed by atoms with Crippen LogP contribution in [0.1, 0.15) is 36.8 Å². The van der Waals surface area contributed by atoms with Crippen LogP contribution in [0, 0.1) is 11.3 Å². The zero-order valence-corrected chi connectivity index (χ0v) is 16.3. The van der Waals surface area contributed by atoms with Gasteiger partial charge in [-0.05, 0) is 43.4 Å². The third-order valence-corrected chi connectivity index (χ3v) is 6.45. The molecule has 6 heteroatoms. The molecule has 2 saturated heterocycles. The molecule has 29 heavy (non-hydrogen) atoms. The lowest BCUT2D eigenvalue weighted by molar-refractivity contribution is -0.140. The van der Waals surface area contributed by atoms with Gasteiger partial charge in [-0.3, -0.25) is 4.79 Å². The van der Waals surface area contributed by atoms with E-state index in [4.69, 9.17) is 10.00 Å². The molecular formula is C23H24N4O2. The molecular weight excluding hydrogens is 364 g/mol. The first-order valence-electron chi connectivity index (χ1n) is 10.3. The normalized spacial score (nSPS) is 24.2. The first-order chi connectivity index (χ1) is 14.2. The average molecular weight is 388 g/mol. The minimum Gasteiger partial charge on any atom is -0.360 e. The highest BCUT2D eigenvalue weighted by atomic mass is 16.5. The van der Waals surface area contributed by atoms with Gasteiger partial charge in [0.05, 0.1) is 11.2 Å². The van der Waals surface area contributed by atoms with Crippen molar-refractivity contribution in [2.45, 2.75) is 43.4 Å². The van der Waals surface area contributed by atoms with E-state index in [1.807, 2.05) is 35.2 Å². The van der Waals surface area contributed by atoms with Crippen LogP contribution in [0.25, 0.3) is 0 Å². The van der Waals surface area contributed by atoms with Crippen molar-refractivity contribution >= 4 is 11.7 Å². The smallest absolute Gasteiger partial charge is 0.248 e. The Balaban J connectivity index is 1.22. The van der Waals surface area contributed by atoms with Gasteiger partial charge in [-0.2, -0.15) is 5.26 Å². The Labute approximate surface area is 170 Å². The second kappa shape index (κ2) is 7.16. The van der Waals surface area contributed by atoms with Gasteiger partial charge < -0.3 is 14.5 Å². The highest BCUT2D eigenvalue weighted by molar-refractivity contribution is 5.78. The summed E-state index contributed by atoms with van der Waals surface area (Å²) in [6, 6.07) is 16.6. The first-order valence-corrected chi connectivity index (χ1v) is 10.3. The van der Waals surface area contributed by atoms with Crippen LogP contribution >= 0.6 is 0 Å². The minimum absolute atomic E-state index is 0.0801. The van der Waals surface area contributed by atoms with Crippen molar-refractivity contribution in [3.05, 3.63) is 59.8 Å². The van der Waals surface area contributed by atoms with E-state index in [1.165, 1.54) is 5.56 Å². The zero-order chi connectivity index (χ0) is 19.8. The maximum atomic E-state index is 12.9. The number of benzene rings is 1. The number of fused-ring (bicyclic) bond motifs is 2. The fourth-order valence-electron chi connectivity index (χ4n) is 4.75. The number of anilines is 1. The van der Waals surface area contributed by atoms with E-state index in [-0.39, 0.29) is 30.2 Å². The SMILES string of the molecule is N#Cc1ccc(N2C3CCC2CN(C(=O)COC2(c4ccccc4)CC2)C3)nc1. The molecule has 0 radical (unpaired) electrons. The zero-order valence-electron chi connectivity index (χ0n) is 16.3. The van der Waals surface area contributed by atoms with Gasteiger partial charge in [-0.25, -0.2) is 4.98 Å². The summed E-state index contributed by atoms with van der Waals surface area (Å²) in [5, 5.41) is 8.98. The van der Waals surface area contributed by atoms with Gasteiger partial charge in [-0.1, -0.05) is 30.3 Å². The van der Waals surface area contributed by atoms with Crippen LogP contribution in [0.4, 0.5) is 5.82 Å². The van der Waals surface area contributed by atoms with Gasteiger partial charge in [0.2, 0.25) is 5.91 Å². The molecule has 2 bridgehead atoms. The summed E-state index contributed by atoms with van der Waals surface area (Å²) in [4.78, 5) is 21.6. The maximum absolute atomic E-state index is 12.9. The number of amides is 1. The monoisotopic (exact) mass is 388 g/mol. The molecule has 2 atom stereocenters. The van der Waals surface area contributed by atoms with E-state index in [0.29, 0.717) is 18.7 Å². The quantitative estimate of drug-likeness (QED) is 0.788. The molecule has 1 aliphatic carbocycles. The number of likely N-dealkylation sites (tertiary alicyclic amines) is 1. The number of aromatic nitrogens is 1. The Morgan fingerprint density at radius 1 is 1.14 bits per heavy atom. The Kier molecular flexibility index (Phi) is 4.48. The lowest BCUT2D eigenvalue weighted by Gasteiger charge is -2.41. The molecule has 0 spiro atoms. The molecule has 3 fully saturated rings. The first kappa shape index (κ1) is 18.1. The van der Waals surface area contributed by atoms with Crippen molar-refractivity contribution < 1.29 is 9.53 Å². The van der Waals surface area contributed by atoms with Gasteiger partial charge >= 0.3 is 0 Å². The number of hydrogen-bond donors (Lipinski definition) is 0. The van der Waals surface area contributed by atoms with Crippen LogP contribution in [0.15, 0.2) is 48.7 Å². The summed E-state index contributed by atoms with van der Waals surface area (Å²) < 4.78 is 6.12. The second-order valence-corrected chi connectivity index (χ2v) is 8.26. The van der Waals surface area contributed by atoms with Crippen LogP contribution in [-0.4, -0.2) is 47.6 Å². The van der Waals surface area contributed by atoms with Gasteiger partial charge in [0.25, 0.3) is 0 Å². The Morgan fingerprint density at radius 2 is 1.86 bits per heavy atom. The minimum atomic E-state index is -0.260. The number of piperazine rings is 1. The predicted octanol–water partition coefficient (Wildman–Crippen LogP) is 2.84. The Bertz CT molecular complexity index is 920. The van der Waals surface area contributed by atoms with Crippen molar-refractivity contribution in [3.8, 4) is 6.07 Å². The lowest BCUT2D eigenvalue weighted by atomic mass is 10.1. The van der Waals surface area contributed by atoms with E-state index in [2.05, 4.69) is 28.1 Å². The van der Waals surface area contributed by atoms with Crippen LogP contribution in [0.2, 0.25) is 0 Å². The molecule has 1 amide bonds. The molecule has 1 aromatic carbocycles. The number of nitrogens with zero attached hydrogens (tertiary/aromatic N) is 4. The van der Waals surface area contributed by atoms with Crippen LogP contribution in [0.3, 0.4) is 0 Å². The van der Waals surface area contributed by atoms with Crippen molar-refractivity contribution in [1.29, 1.82) is 5.26 Å². The largest absolute Gasteiger partial charge is 0.360 e. The van der Waals surface area contributed by atoms with Gasteiger partial charge in [0, 0.05) is 31.4 Å². The highest BCUT2D eigenvalue weighted by Crippen LogP contribution is 2.49. The molecule has 6 nitrogen and oxygen atoms in total. The van der Waals surface area contributed by atoms with Gasteiger partial charge in [0.1, 0.15) is 18.5 Å². The van der Waals surface area contributed by atoms with Gasteiger partial charge in [-0.15, -0.1) is 0 Å². The summed E-state index contributed by atoms with van der Waals surface area (Å²) in [6.07, 6.45) is 5.70. The fraction of sp³-hybridized carbons (Fsp3) is 0.435. The standard InChI is InChI=1S/C23H24N4O2/c24-12-17-6-9-21(25-13-17)27-19-7-8-20(27)15-26(14-19)22(28)16-29-23(10-11-23)18-4-2-1-3-5-18/h1-6,9,13,19-20H,7-8,10-11,14-16H2. The van der Waals surface area contributed by atoms with Gasteiger partial charge in [0.15, 0.2) is 0 Å². The number of carbonyl (C=O) groups excluding carboxylic acids is 1. The Hall–Kier alpha value is -2.91. The van der Waals surface area contributed by atoms with Crippen LogP contribution < -0.4 is 4.90 Å². The van der Waals surface area contributed by atoms with Crippen molar-refractivity contribution in [3.63, 3.8) is 0 Å². The lowest BCUT2D eigenvalue weighted by Crippen LogP contribution is -2.56. The molecule has 2 aliphatic heterocycles. The maximum Gasteiger partial charge on any atom is 0.248 e. The molecule has 0 N–H and O–H groups in total. The second-order valence-electron chi connectivity index (χ2n) is 8.26. The number of rotatable bonds is 5. The third-order valence-electron chi connectivity index (χ3n) is 6.45. The number of pyridine rings is 1. The molecule has 3 aliphatic rings.